The fourth-order valence-corrected chi connectivity index (χ4v) is 4.66. The maximum atomic E-state index is 13.8. The van der Waals surface area contributed by atoms with Gasteiger partial charge in [-0.15, -0.1) is 0 Å². The Morgan fingerprint density at radius 2 is 1.00 bits per heavy atom. The third-order valence-electron chi connectivity index (χ3n) is 6.53. The number of hydrogen-bond donors (Lipinski definition) is 0. The molecule has 0 aliphatic carbocycles. The normalized spacial score (nSPS) is 19.3. The van der Waals surface area contributed by atoms with Crippen LogP contribution in [0.5, 0.6) is 0 Å². The van der Waals surface area contributed by atoms with Gasteiger partial charge in [0.15, 0.2) is 12.2 Å². The minimum atomic E-state index is -0.553. The molecule has 0 bridgehead atoms. The van der Waals surface area contributed by atoms with Crippen molar-refractivity contribution in [1.82, 2.24) is 0 Å². The van der Waals surface area contributed by atoms with Crippen LogP contribution in [0.15, 0.2) is 121 Å². The van der Waals surface area contributed by atoms with Crippen LogP contribution in [0, 0.1) is 5.21 Å². The van der Waals surface area contributed by atoms with Crippen LogP contribution in [-0.2, 0) is 34.0 Å². The quantitative estimate of drug-likeness (QED) is 0.188. The molecule has 188 valence electrons. The molecule has 1 heterocycles. The molecule has 1 aliphatic rings. The van der Waals surface area contributed by atoms with Crippen molar-refractivity contribution >= 4 is 5.71 Å². The van der Waals surface area contributed by atoms with Crippen LogP contribution < -0.4 is 0 Å². The molecule has 0 N–H and O–H groups in total. The van der Waals surface area contributed by atoms with E-state index in [-0.39, 0.29) is 6.61 Å². The van der Waals surface area contributed by atoms with Crippen LogP contribution in [0.25, 0.3) is 0 Å². The monoisotopic (exact) mass is 493 g/mol. The van der Waals surface area contributed by atoms with Gasteiger partial charge in [-0.05, 0) is 16.7 Å². The highest BCUT2D eigenvalue weighted by Crippen LogP contribution is 2.34. The molecule has 0 fully saturated rings. The SMILES string of the molecule is [O-][N+]1=C(COCc2ccccc2)[C@@H](OCc2ccccc2)[C@H](OCc2ccccc2)[C@@H]1c1ccccc1. The highest BCUT2D eigenvalue weighted by Gasteiger charge is 2.50. The largest absolute Gasteiger partial charge is 0.623 e. The highest BCUT2D eigenvalue weighted by atomic mass is 16.6. The summed E-state index contributed by atoms with van der Waals surface area (Å²) in [5.41, 5.74) is 4.56. The fourth-order valence-electron chi connectivity index (χ4n) is 4.66. The summed E-state index contributed by atoms with van der Waals surface area (Å²) in [5, 5.41) is 13.8. The Hall–Kier alpha value is -3.77. The van der Waals surface area contributed by atoms with Crippen molar-refractivity contribution in [1.29, 1.82) is 0 Å². The Morgan fingerprint density at radius 3 is 1.54 bits per heavy atom. The summed E-state index contributed by atoms with van der Waals surface area (Å²) in [6.07, 6.45) is -1.05. The Bertz CT molecular complexity index is 1260. The second-order valence-corrected chi connectivity index (χ2v) is 9.13. The van der Waals surface area contributed by atoms with Gasteiger partial charge in [-0.25, -0.2) is 0 Å². The number of ether oxygens (including phenoxy) is 3. The number of hydrogen-bond acceptors (Lipinski definition) is 4. The summed E-state index contributed by atoms with van der Waals surface area (Å²) < 4.78 is 20.0. The van der Waals surface area contributed by atoms with Crippen molar-refractivity contribution in [2.45, 2.75) is 38.1 Å². The molecule has 5 nitrogen and oxygen atoms in total. The lowest BCUT2D eigenvalue weighted by Crippen LogP contribution is -2.37. The molecule has 5 heteroatoms. The maximum Gasteiger partial charge on any atom is 0.222 e. The van der Waals surface area contributed by atoms with E-state index >= 15 is 0 Å². The van der Waals surface area contributed by atoms with E-state index in [9.17, 15) is 5.21 Å². The van der Waals surface area contributed by atoms with Crippen molar-refractivity contribution in [3.05, 3.63) is 149 Å². The zero-order valence-corrected chi connectivity index (χ0v) is 20.7. The summed E-state index contributed by atoms with van der Waals surface area (Å²) in [6, 6.07) is 39.2. The molecular formula is C32H31NO4. The van der Waals surface area contributed by atoms with Crippen molar-refractivity contribution in [3.8, 4) is 0 Å². The Balaban J connectivity index is 1.42. The van der Waals surface area contributed by atoms with Crippen LogP contribution in [-0.4, -0.2) is 29.3 Å². The molecule has 0 unspecified atom stereocenters. The average Bonchev–Trinajstić information content (AvgIpc) is 3.23. The summed E-state index contributed by atoms with van der Waals surface area (Å²) >= 11 is 0. The standard InChI is InChI=1S/C32H31NO4/c34-33-29(24-35-21-25-13-5-1-6-14-25)31(36-22-26-15-7-2-8-16-26)32(30(33)28-19-11-4-12-20-28)37-23-27-17-9-3-10-18-27/h1-20,30-32H,21-24H2/t30-,31+,32+/m0/s1. The zero-order valence-electron chi connectivity index (χ0n) is 20.7. The summed E-state index contributed by atoms with van der Waals surface area (Å²) in [7, 11) is 0. The number of hydroxylamine groups is 1. The van der Waals surface area contributed by atoms with Gasteiger partial charge in [-0.3, -0.25) is 0 Å². The lowest BCUT2D eigenvalue weighted by molar-refractivity contribution is -0.511. The van der Waals surface area contributed by atoms with Gasteiger partial charge in [0.05, 0.1) is 19.8 Å². The molecule has 4 aromatic carbocycles. The average molecular weight is 494 g/mol. The second kappa shape index (κ2) is 12.5. The van der Waals surface area contributed by atoms with Crippen LogP contribution in [0.4, 0.5) is 0 Å². The van der Waals surface area contributed by atoms with E-state index < -0.39 is 18.2 Å². The third kappa shape index (κ3) is 6.33. The Morgan fingerprint density at radius 1 is 0.541 bits per heavy atom. The topological polar surface area (TPSA) is 53.8 Å². The van der Waals surface area contributed by atoms with Crippen LogP contribution in [0.1, 0.15) is 28.3 Å². The van der Waals surface area contributed by atoms with Gasteiger partial charge in [-0.1, -0.05) is 121 Å². The van der Waals surface area contributed by atoms with Gasteiger partial charge >= 0.3 is 0 Å². The van der Waals surface area contributed by atoms with Crippen LogP contribution >= 0.6 is 0 Å². The van der Waals surface area contributed by atoms with E-state index in [0.717, 1.165) is 27.0 Å². The lowest BCUT2D eigenvalue weighted by atomic mass is 9.99. The molecule has 0 aromatic heterocycles. The molecule has 1 aliphatic heterocycles. The molecule has 5 rings (SSSR count). The molecule has 0 saturated heterocycles. The van der Waals surface area contributed by atoms with Crippen molar-refractivity contribution < 1.29 is 18.9 Å². The highest BCUT2D eigenvalue weighted by molar-refractivity contribution is 5.87. The van der Waals surface area contributed by atoms with Crippen LogP contribution in [0.3, 0.4) is 0 Å². The Kier molecular flexibility index (Phi) is 8.39. The molecular weight excluding hydrogens is 462 g/mol. The summed E-state index contributed by atoms with van der Waals surface area (Å²) in [4.78, 5) is 0. The van der Waals surface area contributed by atoms with Gasteiger partial charge in [0.2, 0.25) is 11.8 Å². The predicted octanol–water partition coefficient (Wildman–Crippen LogP) is 6.08. The van der Waals surface area contributed by atoms with Gasteiger partial charge in [0.1, 0.15) is 6.61 Å². The van der Waals surface area contributed by atoms with Gasteiger partial charge in [0, 0.05) is 5.56 Å². The molecule has 0 amide bonds. The molecule has 0 saturated carbocycles. The van der Waals surface area contributed by atoms with Gasteiger partial charge < -0.3 is 19.4 Å². The zero-order chi connectivity index (χ0) is 25.3. The Labute approximate surface area is 218 Å². The summed E-state index contributed by atoms with van der Waals surface area (Å²) in [6.45, 7) is 1.32. The van der Waals surface area contributed by atoms with Crippen LogP contribution in [0.2, 0.25) is 0 Å². The minimum Gasteiger partial charge on any atom is -0.623 e. The maximum absolute atomic E-state index is 13.8. The van der Waals surface area contributed by atoms with Gasteiger partial charge in [0.25, 0.3) is 0 Å². The minimum absolute atomic E-state index is 0.159. The van der Waals surface area contributed by atoms with Crippen molar-refractivity contribution in [3.63, 3.8) is 0 Å². The van der Waals surface area contributed by atoms with E-state index in [1.165, 1.54) is 0 Å². The number of benzene rings is 4. The second-order valence-electron chi connectivity index (χ2n) is 9.13. The van der Waals surface area contributed by atoms with Crippen molar-refractivity contribution in [2.75, 3.05) is 6.61 Å². The fraction of sp³-hybridized carbons (Fsp3) is 0.219. The molecule has 37 heavy (non-hydrogen) atoms. The van der Waals surface area contributed by atoms with E-state index in [1.807, 2.05) is 121 Å². The van der Waals surface area contributed by atoms with Gasteiger partial charge in [-0.2, -0.15) is 4.74 Å². The van der Waals surface area contributed by atoms with E-state index in [2.05, 4.69) is 0 Å². The first kappa shape index (κ1) is 24.9. The van der Waals surface area contributed by atoms with E-state index in [0.29, 0.717) is 25.5 Å². The number of nitrogens with zero attached hydrogens (tertiary/aromatic N) is 1. The third-order valence-corrected chi connectivity index (χ3v) is 6.53. The first-order valence-corrected chi connectivity index (χ1v) is 12.6. The lowest BCUT2D eigenvalue weighted by Gasteiger charge is -2.23. The first-order chi connectivity index (χ1) is 18.3. The molecule has 4 aromatic rings. The molecule has 0 spiro atoms. The number of rotatable bonds is 11. The predicted molar refractivity (Wildman–Crippen MR) is 144 cm³/mol. The molecule has 0 radical (unpaired) electrons. The molecule has 3 atom stereocenters. The van der Waals surface area contributed by atoms with E-state index in [4.69, 9.17) is 14.2 Å². The van der Waals surface area contributed by atoms with E-state index in [1.54, 1.807) is 0 Å². The first-order valence-electron chi connectivity index (χ1n) is 12.6. The smallest absolute Gasteiger partial charge is 0.222 e. The summed E-state index contributed by atoms with van der Waals surface area (Å²) in [5.74, 6) is 0. The van der Waals surface area contributed by atoms with Crippen molar-refractivity contribution in [2.24, 2.45) is 0 Å².